The SMILES string of the molecule is CNC(=O)N(C)C(CC(C)C)(c1ccccc1)c1ccc(Cl)cc1. The molecule has 0 spiro atoms. The molecule has 128 valence electrons. The third-order valence-corrected chi connectivity index (χ3v) is 4.62. The summed E-state index contributed by atoms with van der Waals surface area (Å²) < 4.78 is 0. The number of rotatable bonds is 5. The lowest BCUT2D eigenvalue weighted by molar-refractivity contribution is 0.142. The zero-order valence-corrected chi connectivity index (χ0v) is 15.5. The summed E-state index contributed by atoms with van der Waals surface area (Å²) in [4.78, 5) is 14.3. The Morgan fingerprint density at radius 3 is 2.12 bits per heavy atom. The van der Waals surface area contributed by atoms with E-state index in [9.17, 15) is 4.79 Å². The highest BCUT2D eigenvalue weighted by Gasteiger charge is 2.41. The average Bonchev–Trinajstić information content (AvgIpc) is 2.59. The molecule has 0 saturated heterocycles. The molecule has 24 heavy (non-hydrogen) atoms. The lowest BCUT2D eigenvalue weighted by Gasteiger charge is -2.44. The van der Waals surface area contributed by atoms with Crippen LogP contribution in [0.1, 0.15) is 31.4 Å². The Morgan fingerprint density at radius 2 is 1.62 bits per heavy atom. The molecule has 2 aromatic rings. The quantitative estimate of drug-likeness (QED) is 0.822. The van der Waals surface area contributed by atoms with E-state index in [1.165, 1.54) is 0 Å². The summed E-state index contributed by atoms with van der Waals surface area (Å²) in [5.74, 6) is 0.396. The Morgan fingerprint density at radius 1 is 1.08 bits per heavy atom. The van der Waals surface area contributed by atoms with Gasteiger partial charge >= 0.3 is 6.03 Å². The summed E-state index contributed by atoms with van der Waals surface area (Å²) in [7, 11) is 3.51. The molecule has 0 aromatic heterocycles. The molecule has 3 nitrogen and oxygen atoms in total. The Kier molecular flexibility index (Phi) is 5.89. The predicted octanol–water partition coefficient (Wildman–Crippen LogP) is 4.90. The van der Waals surface area contributed by atoms with Gasteiger partial charge in [0, 0.05) is 19.1 Å². The second-order valence-electron chi connectivity index (χ2n) is 6.45. The molecule has 0 bridgehead atoms. The monoisotopic (exact) mass is 344 g/mol. The van der Waals surface area contributed by atoms with E-state index in [1.807, 2.05) is 49.5 Å². The number of hydrogen-bond donors (Lipinski definition) is 1. The summed E-state index contributed by atoms with van der Waals surface area (Å²) >= 11 is 6.09. The molecular weight excluding hydrogens is 320 g/mol. The van der Waals surface area contributed by atoms with E-state index < -0.39 is 5.54 Å². The molecule has 4 heteroatoms. The van der Waals surface area contributed by atoms with Gasteiger partial charge in [-0.15, -0.1) is 0 Å². The van der Waals surface area contributed by atoms with Crippen molar-refractivity contribution in [2.75, 3.05) is 14.1 Å². The van der Waals surface area contributed by atoms with Crippen LogP contribution in [0.2, 0.25) is 5.02 Å². The average molecular weight is 345 g/mol. The number of carbonyl (C=O) groups excluding carboxylic acids is 1. The van der Waals surface area contributed by atoms with E-state index in [4.69, 9.17) is 11.6 Å². The Labute approximate surface area is 149 Å². The maximum atomic E-state index is 12.5. The van der Waals surface area contributed by atoms with Gasteiger partial charge in [0.25, 0.3) is 0 Å². The first-order valence-electron chi connectivity index (χ1n) is 8.19. The second kappa shape index (κ2) is 7.71. The number of benzene rings is 2. The second-order valence-corrected chi connectivity index (χ2v) is 6.88. The predicted molar refractivity (Wildman–Crippen MR) is 100 cm³/mol. The van der Waals surface area contributed by atoms with Gasteiger partial charge in [0.15, 0.2) is 0 Å². The van der Waals surface area contributed by atoms with Gasteiger partial charge in [-0.3, -0.25) is 0 Å². The standard InChI is InChI=1S/C20H25ClN2O/c1-15(2)14-20(23(4)19(24)22-3,16-8-6-5-7-9-16)17-10-12-18(21)13-11-17/h5-13,15H,14H2,1-4H3,(H,22,24). The molecule has 1 N–H and O–H groups in total. The van der Waals surface area contributed by atoms with Crippen molar-refractivity contribution in [3.8, 4) is 0 Å². The number of halogens is 1. The zero-order valence-electron chi connectivity index (χ0n) is 14.7. The molecule has 1 atom stereocenters. The number of carbonyl (C=O) groups is 1. The molecule has 0 aliphatic carbocycles. The highest BCUT2D eigenvalue weighted by molar-refractivity contribution is 6.30. The Balaban J connectivity index is 2.72. The number of nitrogens with zero attached hydrogens (tertiary/aromatic N) is 1. The molecule has 2 amide bonds. The molecule has 0 radical (unpaired) electrons. The minimum Gasteiger partial charge on any atom is -0.341 e. The molecule has 0 saturated carbocycles. The maximum Gasteiger partial charge on any atom is 0.317 e. The minimum atomic E-state index is -0.555. The largest absolute Gasteiger partial charge is 0.341 e. The minimum absolute atomic E-state index is 0.116. The van der Waals surface area contributed by atoms with Crippen molar-refractivity contribution in [1.82, 2.24) is 10.2 Å². The zero-order chi connectivity index (χ0) is 17.7. The molecule has 0 fully saturated rings. The molecule has 2 rings (SSSR count). The first kappa shape index (κ1) is 18.3. The third-order valence-electron chi connectivity index (χ3n) is 4.37. The van der Waals surface area contributed by atoms with Crippen LogP contribution >= 0.6 is 11.6 Å². The van der Waals surface area contributed by atoms with Crippen LogP contribution in [0.5, 0.6) is 0 Å². The summed E-state index contributed by atoms with van der Waals surface area (Å²) in [5, 5.41) is 3.44. The normalized spacial score (nSPS) is 13.4. The molecule has 0 aliphatic heterocycles. The van der Waals surface area contributed by atoms with Gasteiger partial charge in [0.05, 0.1) is 5.54 Å². The lowest BCUT2D eigenvalue weighted by atomic mass is 9.75. The van der Waals surface area contributed by atoms with Crippen LogP contribution in [-0.2, 0) is 5.54 Å². The van der Waals surface area contributed by atoms with Crippen molar-refractivity contribution in [2.24, 2.45) is 5.92 Å². The topological polar surface area (TPSA) is 32.3 Å². The van der Waals surface area contributed by atoms with Gasteiger partial charge in [-0.1, -0.05) is 67.9 Å². The Bertz CT molecular complexity index is 670. The summed E-state index contributed by atoms with van der Waals surface area (Å²) in [6.07, 6.45) is 0.808. The fraction of sp³-hybridized carbons (Fsp3) is 0.350. The molecule has 2 aromatic carbocycles. The number of amides is 2. The molecule has 1 unspecified atom stereocenters. The van der Waals surface area contributed by atoms with Gasteiger partial charge in [-0.05, 0) is 35.6 Å². The first-order valence-corrected chi connectivity index (χ1v) is 8.56. The van der Waals surface area contributed by atoms with Crippen LogP contribution in [0.25, 0.3) is 0 Å². The summed E-state index contributed by atoms with van der Waals surface area (Å²) in [6, 6.07) is 17.8. The van der Waals surface area contributed by atoms with Crippen molar-refractivity contribution >= 4 is 17.6 Å². The Hall–Kier alpha value is -2.00. The molecule has 0 aliphatic rings. The smallest absolute Gasteiger partial charge is 0.317 e. The van der Waals surface area contributed by atoms with Gasteiger partial charge in [0.1, 0.15) is 0 Å². The van der Waals surface area contributed by atoms with Gasteiger partial charge in [-0.2, -0.15) is 0 Å². The van der Waals surface area contributed by atoms with E-state index >= 15 is 0 Å². The fourth-order valence-corrected chi connectivity index (χ4v) is 3.42. The van der Waals surface area contributed by atoms with Crippen molar-refractivity contribution in [3.63, 3.8) is 0 Å². The third kappa shape index (κ3) is 3.57. The highest BCUT2D eigenvalue weighted by atomic mass is 35.5. The van der Waals surface area contributed by atoms with E-state index in [-0.39, 0.29) is 6.03 Å². The van der Waals surface area contributed by atoms with Crippen LogP contribution < -0.4 is 5.32 Å². The van der Waals surface area contributed by atoms with Gasteiger partial charge in [-0.25, -0.2) is 4.79 Å². The maximum absolute atomic E-state index is 12.5. The van der Waals surface area contributed by atoms with Crippen LogP contribution in [0.3, 0.4) is 0 Å². The number of urea groups is 1. The summed E-state index contributed by atoms with van der Waals surface area (Å²) in [5.41, 5.74) is 1.59. The van der Waals surface area contributed by atoms with Crippen LogP contribution in [0.4, 0.5) is 4.79 Å². The van der Waals surface area contributed by atoms with Crippen molar-refractivity contribution in [1.29, 1.82) is 0 Å². The fourth-order valence-electron chi connectivity index (χ4n) is 3.30. The van der Waals surface area contributed by atoms with Crippen LogP contribution in [0.15, 0.2) is 54.6 Å². The van der Waals surface area contributed by atoms with E-state index in [0.29, 0.717) is 10.9 Å². The molecular formula is C20H25ClN2O. The van der Waals surface area contributed by atoms with E-state index in [0.717, 1.165) is 17.5 Å². The number of nitrogens with one attached hydrogen (secondary N) is 1. The van der Waals surface area contributed by atoms with E-state index in [2.05, 4.69) is 31.3 Å². The van der Waals surface area contributed by atoms with Crippen molar-refractivity contribution < 1.29 is 4.79 Å². The van der Waals surface area contributed by atoms with Crippen LogP contribution in [0, 0.1) is 5.92 Å². The van der Waals surface area contributed by atoms with Gasteiger partial charge in [0.2, 0.25) is 0 Å². The van der Waals surface area contributed by atoms with E-state index in [1.54, 1.807) is 11.9 Å². The van der Waals surface area contributed by atoms with Crippen molar-refractivity contribution in [2.45, 2.75) is 25.8 Å². The van der Waals surface area contributed by atoms with Crippen molar-refractivity contribution in [3.05, 3.63) is 70.7 Å². The highest BCUT2D eigenvalue weighted by Crippen LogP contribution is 2.41. The van der Waals surface area contributed by atoms with Gasteiger partial charge < -0.3 is 10.2 Å². The first-order chi connectivity index (χ1) is 11.4. The summed E-state index contributed by atoms with van der Waals surface area (Å²) in [6.45, 7) is 4.34. The molecule has 0 heterocycles. The van der Waals surface area contributed by atoms with Crippen LogP contribution in [-0.4, -0.2) is 25.0 Å². The lowest BCUT2D eigenvalue weighted by Crippen LogP contribution is -2.51. The number of hydrogen-bond acceptors (Lipinski definition) is 1.